The van der Waals surface area contributed by atoms with Gasteiger partial charge in [0.25, 0.3) is 5.91 Å². The first-order valence-corrected chi connectivity index (χ1v) is 12.5. The zero-order valence-electron chi connectivity index (χ0n) is 19.6. The second-order valence-electron chi connectivity index (χ2n) is 8.10. The Balaban J connectivity index is 1.51. The minimum Gasteiger partial charge on any atom is -0.497 e. The number of nitrogens with one attached hydrogen (secondary N) is 1. The maximum Gasteiger partial charge on any atom is 0.258 e. The minimum atomic E-state index is -1.59. The van der Waals surface area contributed by atoms with Crippen LogP contribution in [0.3, 0.4) is 0 Å². The van der Waals surface area contributed by atoms with Gasteiger partial charge in [0.05, 0.1) is 42.4 Å². The normalized spacial score (nSPS) is 14.9. The molecule has 0 aliphatic carbocycles. The quantitative estimate of drug-likeness (QED) is 0.489. The number of carbonyl (C=O) groups is 1. The van der Waals surface area contributed by atoms with E-state index in [2.05, 4.69) is 20.2 Å². The first kappa shape index (κ1) is 24.6. The molecule has 1 aliphatic rings. The Morgan fingerprint density at radius 3 is 2.66 bits per heavy atom. The van der Waals surface area contributed by atoms with Gasteiger partial charge in [-0.05, 0) is 37.1 Å². The minimum absolute atomic E-state index is 0.130. The van der Waals surface area contributed by atoms with E-state index in [1.807, 2.05) is 0 Å². The maximum absolute atomic E-state index is 13.2. The number of hydrogen-bond donors (Lipinski definition) is 2. The van der Waals surface area contributed by atoms with E-state index in [0.29, 0.717) is 48.7 Å². The molecule has 0 bridgehead atoms. The van der Waals surface area contributed by atoms with Crippen molar-refractivity contribution in [3.05, 3.63) is 66.0 Å². The van der Waals surface area contributed by atoms with Crippen molar-refractivity contribution in [2.75, 3.05) is 37.5 Å². The van der Waals surface area contributed by atoms with Gasteiger partial charge in [-0.25, -0.2) is 9.97 Å². The van der Waals surface area contributed by atoms with Crippen molar-refractivity contribution >= 4 is 28.2 Å². The Hall–Kier alpha value is -3.50. The molecule has 10 heteroatoms. The van der Waals surface area contributed by atoms with Gasteiger partial charge in [0.2, 0.25) is 0 Å². The molecule has 3 heterocycles. The van der Waals surface area contributed by atoms with E-state index in [-0.39, 0.29) is 22.4 Å². The number of nitrogens with zero attached hydrogens (tertiary/aromatic N) is 3. The molecule has 9 nitrogen and oxygen atoms in total. The van der Waals surface area contributed by atoms with Gasteiger partial charge in [-0.1, -0.05) is 6.07 Å². The predicted molar refractivity (Wildman–Crippen MR) is 134 cm³/mol. The largest absolute Gasteiger partial charge is 0.497 e. The second kappa shape index (κ2) is 11.3. The molecule has 0 spiro atoms. The van der Waals surface area contributed by atoms with Gasteiger partial charge in [0.1, 0.15) is 22.3 Å². The number of rotatable bonds is 8. The molecule has 1 aliphatic heterocycles. The summed E-state index contributed by atoms with van der Waals surface area (Å²) in [7, 11) is 1.51. The summed E-state index contributed by atoms with van der Waals surface area (Å²) in [6.07, 6.45) is 4.24. The molecule has 1 amide bonds. The molecule has 3 aromatic rings. The van der Waals surface area contributed by atoms with E-state index in [1.54, 1.807) is 55.8 Å². The number of ether oxygens (including phenoxy) is 2. The van der Waals surface area contributed by atoms with E-state index < -0.39 is 16.7 Å². The van der Waals surface area contributed by atoms with Gasteiger partial charge >= 0.3 is 0 Å². The fourth-order valence-corrected chi connectivity index (χ4v) is 5.13. The SMILES string of the molecule is COc1ccc(CS(=O)c2ncccc2C(=O)Nc2ccnc(N3CCC(O)CC3)c2)c(OC)c1. The Morgan fingerprint density at radius 1 is 1.11 bits per heavy atom. The van der Waals surface area contributed by atoms with Crippen molar-refractivity contribution in [2.24, 2.45) is 0 Å². The molecule has 1 fully saturated rings. The van der Waals surface area contributed by atoms with E-state index in [0.717, 1.165) is 5.82 Å². The lowest BCUT2D eigenvalue weighted by molar-refractivity contribution is 0.102. The Morgan fingerprint density at radius 2 is 1.91 bits per heavy atom. The lowest BCUT2D eigenvalue weighted by Gasteiger charge is -2.30. The lowest BCUT2D eigenvalue weighted by atomic mass is 10.1. The average Bonchev–Trinajstić information content (AvgIpc) is 2.89. The lowest BCUT2D eigenvalue weighted by Crippen LogP contribution is -2.36. The van der Waals surface area contributed by atoms with Crippen LogP contribution in [-0.4, -0.2) is 58.6 Å². The predicted octanol–water partition coefficient (Wildman–Crippen LogP) is 3.02. The zero-order valence-corrected chi connectivity index (χ0v) is 20.5. The number of piperidine rings is 1. The fraction of sp³-hybridized carbons (Fsp3) is 0.320. The van der Waals surface area contributed by atoms with E-state index in [9.17, 15) is 14.1 Å². The van der Waals surface area contributed by atoms with Crippen molar-refractivity contribution in [2.45, 2.75) is 29.7 Å². The fourth-order valence-electron chi connectivity index (χ4n) is 3.89. The molecule has 1 aromatic carbocycles. The molecule has 1 atom stereocenters. The van der Waals surface area contributed by atoms with Gasteiger partial charge < -0.3 is 24.8 Å². The monoisotopic (exact) mass is 496 g/mol. The standard InChI is InChI=1S/C25H28N4O5S/c1-33-20-6-5-17(22(15-20)34-2)16-35(32)25-21(4-3-10-27-25)24(31)28-18-7-11-26-23(14-18)29-12-8-19(30)9-13-29/h3-7,10-11,14-15,19,30H,8-9,12-13,16H2,1-2H3,(H,26,28,31). The summed E-state index contributed by atoms with van der Waals surface area (Å²) < 4.78 is 23.9. The summed E-state index contributed by atoms with van der Waals surface area (Å²) >= 11 is 0. The third kappa shape index (κ3) is 5.95. The molecule has 0 radical (unpaired) electrons. The van der Waals surface area contributed by atoms with Crippen molar-refractivity contribution < 1.29 is 23.6 Å². The van der Waals surface area contributed by atoms with Crippen LogP contribution in [0.15, 0.2) is 59.9 Å². The number of amides is 1. The second-order valence-corrected chi connectivity index (χ2v) is 9.47. The molecule has 1 saturated heterocycles. The number of aromatic nitrogens is 2. The topological polar surface area (TPSA) is 114 Å². The van der Waals surface area contributed by atoms with Gasteiger partial charge in [0.15, 0.2) is 0 Å². The maximum atomic E-state index is 13.2. The van der Waals surface area contributed by atoms with Crippen LogP contribution in [0.25, 0.3) is 0 Å². The molecule has 0 saturated carbocycles. The van der Waals surface area contributed by atoms with E-state index >= 15 is 0 Å². The number of anilines is 2. The van der Waals surface area contributed by atoms with Gasteiger partial charge in [-0.3, -0.25) is 9.00 Å². The molecular weight excluding hydrogens is 468 g/mol. The number of aliphatic hydroxyl groups is 1. The molecule has 184 valence electrons. The van der Waals surface area contributed by atoms with Crippen LogP contribution < -0.4 is 19.7 Å². The van der Waals surface area contributed by atoms with Gasteiger partial charge in [-0.2, -0.15) is 0 Å². The number of pyridine rings is 2. The van der Waals surface area contributed by atoms with Crippen LogP contribution in [0, 0.1) is 0 Å². The summed E-state index contributed by atoms with van der Waals surface area (Å²) in [6.45, 7) is 1.40. The number of benzene rings is 1. The first-order chi connectivity index (χ1) is 17.0. The van der Waals surface area contributed by atoms with Crippen molar-refractivity contribution in [3.63, 3.8) is 0 Å². The molecule has 4 rings (SSSR count). The summed E-state index contributed by atoms with van der Waals surface area (Å²) in [5, 5.41) is 12.8. The highest BCUT2D eigenvalue weighted by Gasteiger charge is 2.21. The van der Waals surface area contributed by atoms with Crippen molar-refractivity contribution in [1.29, 1.82) is 0 Å². The third-order valence-electron chi connectivity index (χ3n) is 5.80. The highest BCUT2D eigenvalue weighted by atomic mass is 32.2. The summed E-state index contributed by atoms with van der Waals surface area (Å²) in [5.74, 6) is 1.64. The molecule has 35 heavy (non-hydrogen) atoms. The van der Waals surface area contributed by atoms with E-state index in [4.69, 9.17) is 9.47 Å². The van der Waals surface area contributed by atoms with Crippen molar-refractivity contribution in [3.8, 4) is 11.5 Å². The molecule has 1 unspecified atom stereocenters. The summed E-state index contributed by atoms with van der Waals surface area (Å²) in [6, 6.07) is 12.0. The van der Waals surface area contributed by atoms with Crippen LogP contribution in [0.5, 0.6) is 11.5 Å². The summed E-state index contributed by atoms with van der Waals surface area (Å²) in [4.78, 5) is 23.9. The highest BCUT2D eigenvalue weighted by molar-refractivity contribution is 7.84. The number of methoxy groups -OCH3 is 2. The van der Waals surface area contributed by atoms with Crippen LogP contribution in [-0.2, 0) is 16.6 Å². The van der Waals surface area contributed by atoms with Crippen LogP contribution in [0.1, 0.15) is 28.8 Å². The number of carbonyl (C=O) groups excluding carboxylic acids is 1. The van der Waals surface area contributed by atoms with Crippen molar-refractivity contribution in [1.82, 2.24) is 9.97 Å². The van der Waals surface area contributed by atoms with Gasteiger partial charge in [-0.15, -0.1) is 0 Å². The average molecular weight is 497 g/mol. The Kier molecular flexibility index (Phi) is 7.94. The Bertz CT molecular complexity index is 1210. The first-order valence-electron chi connectivity index (χ1n) is 11.2. The molecule has 2 N–H and O–H groups in total. The summed E-state index contributed by atoms with van der Waals surface area (Å²) in [5.41, 5.74) is 1.52. The highest BCUT2D eigenvalue weighted by Crippen LogP contribution is 2.27. The Labute approximate surface area is 206 Å². The smallest absolute Gasteiger partial charge is 0.258 e. The molecule has 2 aromatic heterocycles. The van der Waals surface area contributed by atoms with E-state index in [1.165, 1.54) is 13.3 Å². The molecular formula is C25H28N4O5S. The van der Waals surface area contributed by atoms with Crippen LogP contribution >= 0.6 is 0 Å². The number of aliphatic hydroxyl groups excluding tert-OH is 1. The zero-order chi connectivity index (χ0) is 24.8. The van der Waals surface area contributed by atoms with Crippen LogP contribution in [0.4, 0.5) is 11.5 Å². The van der Waals surface area contributed by atoms with Gasteiger partial charge in [0, 0.05) is 48.9 Å². The third-order valence-corrected chi connectivity index (χ3v) is 7.13. The number of hydrogen-bond acceptors (Lipinski definition) is 8. The van der Waals surface area contributed by atoms with Crippen LogP contribution in [0.2, 0.25) is 0 Å².